The number of hydrogen-bond acceptors (Lipinski definition) is 3. The van der Waals surface area contributed by atoms with E-state index in [-0.39, 0.29) is 5.91 Å². The number of amides is 1. The Balaban J connectivity index is 2.05. The molecule has 1 amide bonds. The van der Waals surface area contributed by atoms with Crippen molar-refractivity contribution >= 4 is 11.6 Å². The molecular formula is C20H22N2O2. The molecule has 4 nitrogen and oxygen atoms in total. The highest BCUT2D eigenvalue weighted by Crippen LogP contribution is 2.26. The van der Waals surface area contributed by atoms with Crippen molar-refractivity contribution < 1.29 is 9.53 Å². The maximum Gasteiger partial charge on any atom is 0.265 e. The third-order valence-electron chi connectivity index (χ3n) is 4.03. The molecule has 0 fully saturated rings. The number of anilines is 1. The predicted octanol–water partition coefficient (Wildman–Crippen LogP) is 4.48. The fourth-order valence-electron chi connectivity index (χ4n) is 2.36. The summed E-state index contributed by atoms with van der Waals surface area (Å²) in [4.78, 5) is 12.4. The highest BCUT2D eigenvalue weighted by molar-refractivity contribution is 5.94. The molecule has 0 aliphatic carbocycles. The summed E-state index contributed by atoms with van der Waals surface area (Å²) in [5.74, 6) is 0.734. The number of ether oxygens (including phenoxy) is 1. The van der Waals surface area contributed by atoms with Crippen LogP contribution in [0.3, 0.4) is 0 Å². The van der Waals surface area contributed by atoms with Crippen molar-refractivity contribution in [2.45, 2.75) is 39.2 Å². The highest BCUT2D eigenvalue weighted by atomic mass is 16.5. The zero-order valence-corrected chi connectivity index (χ0v) is 14.2. The Hall–Kier alpha value is -2.80. The molecule has 24 heavy (non-hydrogen) atoms. The average molecular weight is 322 g/mol. The third kappa shape index (κ3) is 4.36. The first-order chi connectivity index (χ1) is 11.5. The van der Waals surface area contributed by atoms with Crippen LogP contribution in [-0.2, 0) is 4.79 Å². The van der Waals surface area contributed by atoms with Crippen LogP contribution in [0, 0.1) is 11.3 Å². The van der Waals surface area contributed by atoms with E-state index in [1.54, 1.807) is 31.2 Å². The van der Waals surface area contributed by atoms with E-state index in [1.807, 2.05) is 24.3 Å². The molecule has 2 aromatic rings. The van der Waals surface area contributed by atoms with E-state index in [2.05, 4.69) is 25.2 Å². The van der Waals surface area contributed by atoms with Gasteiger partial charge in [-0.05, 0) is 55.2 Å². The van der Waals surface area contributed by atoms with Crippen molar-refractivity contribution in [3.63, 3.8) is 0 Å². The van der Waals surface area contributed by atoms with E-state index in [1.165, 1.54) is 0 Å². The monoisotopic (exact) mass is 322 g/mol. The number of benzene rings is 2. The van der Waals surface area contributed by atoms with Gasteiger partial charge in [0.2, 0.25) is 0 Å². The van der Waals surface area contributed by atoms with Crippen LogP contribution in [0.5, 0.6) is 5.75 Å². The Labute approximate surface area is 143 Å². The minimum absolute atomic E-state index is 0.199. The number of para-hydroxylation sites is 1. The minimum atomic E-state index is -0.636. The maximum absolute atomic E-state index is 12.4. The normalized spacial score (nSPS) is 12.8. The standard InChI is InChI=1S/C20H22N2O2/c1-4-14(2)18-7-5-6-8-19(18)22-20(23)15(3)24-17-11-9-16(13-21)10-12-17/h5-12,14-15H,4H2,1-3H3,(H,22,23)/t14-,15-/m1/s1. The number of hydrogen-bond donors (Lipinski definition) is 1. The summed E-state index contributed by atoms with van der Waals surface area (Å²) < 4.78 is 5.65. The van der Waals surface area contributed by atoms with Gasteiger partial charge in [0.05, 0.1) is 11.6 Å². The van der Waals surface area contributed by atoms with Crippen molar-refractivity contribution in [3.05, 3.63) is 59.7 Å². The van der Waals surface area contributed by atoms with Crippen molar-refractivity contribution in [2.75, 3.05) is 5.32 Å². The summed E-state index contributed by atoms with van der Waals surface area (Å²) in [6, 6.07) is 16.6. The van der Waals surface area contributed by atoms with Gasteiger partial charge in [-0.2, -0.15) is 5.26 Å². The summed E-state index contributed by atoms with van der Waals surface area (Å²) in [5, 5.41) is 11.8. The second kappa shape index (κ2) is 8.16. The topological polar surface area (TPSA) is 62.1 Å². The van der Waals surface area contributed by atoms with Gasteiger partial charge in [0.25, 0.3) is 5.91 Å². The van der Waals surface area contributed by atoms with Gasteiger partial charge in [-0.25, -0.2) is 0 Å². The molecule has 0 aliphatic rings. The Kier molecular flexibility index (Phi) is 5.97. The van der Waals surface area contributed by atoms with Crippen molar-refractivity contribution in [3.8, 4) is 11.8 Å². The Morgan fingerprint density at radius 3 is 2.46 bits per heavy atom. The van der Waals surface area contributed by atoms with Crippen molar-refractivity contribution in [2.24, 2.45) is 0 Å². The molecular weight excluding hydrogens is 300 g/mol. The Morgan fingerprint density at radius 2 is 1.83 bits per heavy atom. The zero-order chi connectivity index (χ0) is 17.5. The number of nitrogens with one attached hydrogen (secondary N) is 1. The van der Waals surface area contributed by atoms with Gasteiger partial charge >= 0.3 is 0 Å². The summed E-state index contributed by atoms with van der Waals surface area (Å²) in [7, 11) is 0. The van der Waals surface area contributed by atoms with E-state index in [4.69, 9.17) is 10.00 Å². The SMILES string of the molecule is CC[C@@H](C)c1ccccc1NC(=O)[C@@H](C)Oc1ccc(C#N)cc1. The molecule has 0 saturated carbocycles. The first kappa shape index (κ1) is 17.6. The van der Waals surface area contributed by atoms with Crippen LogP contribution in [0.2, 0.25) is 0 Å². The van der Waals surface area contributed by atoms with Gasteiger partial charge < -0.3 is 10.1 Å². The number of carbonyl (C=O) groups excluding carboxylic acids is 1. The molecule has 2 rings (SSSR count). The molecule has 124 valence electrons. The third-order valence-corrected chi connectivity index (χ3v) is 4.03. The van der Waals surface area contributed by atoms with E-state index >= 15 is 0 Å². The Bertz CT molecular complexity index is 732. The van der Waals surface area contributed by atoms with Crippen LogP contribution in [0.15, 0.2) is 48.5 Å². The van der Waals surface area contributed by atoms with Gasteiger partial charge in [0.1, 0.15) is 5.75 Å². The van der Waals surface area contributed by atoms with E-state index in [9.17, 15) is 4.79 Å². The number of rotatable bonds is 6. The van der Waals surface area contributed by atoms with Crippen molar-refractivity contribution in [1.29, 1.82) is 5.26 Å². The second-order valence-corrected chi connectivity index (χ2v) is 5.78. The highest BCUT2D eigenvalue weighted by Gasteiger charge is 2.17. The van der Waals surface area contributed by atoms with Crippen LogP contribution in [0.25, 0.3) is 0 Å². The lowest BCUT2D eigenvalue weighted by Crippen LogP contribution is -2.30. The summed E-state index contributed by atoms with van der Waals surface area (Å²) in [6.07, 6.45) is 0.368. The van der Waals surface area contributed by atoms with Crippen LogP contribution < -0.4 is 10.1 Å². The van der Waals surface area contributed by atoms with Gasteiger partial charge in [0, 0.05) is 5.69 Å². The molecule has 0 heterocycles. The molecule has 0 saturated heterocycles. The second-order valence-electron chi connectivity index (χ2n) is 5.78. The molecule has 1 N–H and O–H groups in total. The van der Waals surface area contributed by atoms with Crippen LogP contribution in [-0.4, -0.2) is 12.0 Å². The van der Waals surface area contributed by atoms with Crippen LogP contribution in [0.1, 0.15) is 44.2 Å². The van der Waals surface area contributed by atoms with E-state index in [0.717, 1.165) is 17.7 Å². The maximum atomic E-state index is 12.4. The quantitative estimate of drug-likeness (QED) is 0.853. The lowest BCUT2D eigenvalue weighted by atomic mass is 9.97. The number of nitrogens with zero attached hydrogens (tertiary/aromatic N) is 1. The lowest BCUT2D eigenvalue weighted by Gasteiger charge is -2.18. The summed E-state index contributed by atoms with van der Waals surface area (Å²) >= 11 is 0. The zero-order valence-electron chi connectivity index (χ0n) is 14.2. The Morgan fingerprint density at radius 1 is 1.17 bits per heavy atom. The van der Waals surface area contributed by atoms with Gasteiger partial charge in [0.15, 0.2) is 6.10 Å². The largest absolute Gasteiger partial charge is 0.481 e. The van der Waals surface area contributed by atoms with Gasteiger partial charge in [-0.15, -0.1) is 0 Å². The van der Waals surface area contributed by atoms with E-state index < -0.39 is 6.10 Å². The fourth-order valence-corrected chi connectivity index (χ4v) is 2.36. The molecule has 0 aromatic heterocycles. The molecule has 0 aliphatic heterocycles. The molecule has 0 bridgehead atoms. The fraction of sp³-hybridized carbons (Fsp3) is 0.300. The lowest BCUT2D eigenvalue weighted by molar-refractivity contribution is -0.122. The first-order valence-corrected chi connectivity index (χ1v) is 8.11. The average Bonchev–Trinajstić information content (AvgIpc) is 2.62. The predicted molar refractivity (Wildman–Crippen MR) is 95.0 cm³/mol. The number of nitriles is 1. The molecule has 0 radical (unpaired) electrons. The van der Waals surface area contributed by atoms with Gasteiger partial charge in [-0.1, -0.05) is 32.0 Å². The van der Waals surface area contributed by atoms with E-state index in [0.29, 0.717) is 17.2 Å². The molecule has 0 unspecified atom stereocenters. The minimum Gasteiger partial charge on any atom is -0.481 e. The summed E-state index contributed by atoms with van der Waals surface area (Å²) in [5.41, 5.74) is 2.51. The first-order valence-electron chi connectivity index (χ1n) is 8.11. The molecule has 4 heteroatoms. The smallest absolute Gasteiger partial charge is 0.265 e. The van der Waals surface area contributed by atoms with Crippen LogP contribution in [0.4, 0.5) is 5.69 Å². The van der Waals surface area contributed by atoms with Gasteiger partial charge in [-0.3, -0.25) is 4.79 Å². The van der Waals surface area contributed by atoms with Crippen LogP contribution >= 0.6 is 0 Å². The molecule has 2 atom stereocenters. The molecule has 2 aromatic carbocycles. The number of carbonyl (C=O) groups is 1. The van der Waals surface area contributed by atoms with Crippen molar-refractivity contribution in [1.82, 2.24) is 0 Å². The molecule has 0 spiro atoms. The summed E-state index contributed by atoms with van der Waals surface area (Å²) in [6.45, 7) is 5.97.